The number of halogens is 1. The van der Waals surface area contributed by atoms with Gasteiger partial charge in [-0.1, -0.05) is 37.6 Å². The maximum Gasteiger partial charge on any atom is 0.254 e. The highest BCUT2D eigenvalue weighted by molar-refractivity contribution is 6.30. The lowest BCUT2D eigenvalue weighted by Gasteiger charge is -2.26. The van der Waals surface area contributed by atoms with E-state index in [2.05, 4.69) is 23.7 Å². The van der Waals surface area contributed by atoms with Crippen LogP contribution in [0.15, 0.2) is 46.9 Å². The third-order valence-corrected chi connectivity index (χ3v) is 5.94. The average Bonchev–Trinajstić information content (AvgIpc) is 3.35. The molecule has 3 aromatic rings. The Bertz CT molecular complexity index is 1010. The summed E-state index contributed by atoms with van der Waals surface area (Å²) in [5.41, 5.74) is 3.11. The molecular formula is C23H26ClN3O2. The standard InChI is InChI=1S/C23H26ClN3O2/c1-3-26(4-2)19-10-11-27(15-19)23(28)17-8-9-20-21(14-17)29-22(25-20)13-16-6-5-7-18(24)12-16/h5-9,12,14,19H,3-4,10-11,13,15H2,1-2H3/t19-/m0/s1. The van der Waals surface area contributed by atoms with Gasteiger partial charge in [0.2, 0.25) is 0 Å². The van der Waals surface area contributed by atoms with Crippen LogP contribution in [0.4, 0.5) is 0 Å². The summed E-state index contributed by atoms with van der Waals surface area (Å²) >= 11 is 6.06. The van der Waals surface area contributed by atoms with Gasteiger partial charge in [0.25, 0.3) is 5.91 Å². The molecule has 2 heterocycles. The van der Waals surface area contributed by atoms with Gasteiger partial charge in [-0.3, -0.25) is 9.69 Å². The van der Waals surface area contributed by atoms with Crippen LogP contribution in [0.1, 0.15) is 42.1 Å². The first-order chi connectivity index (χ1) is 14.1. The van der Waals surface area contributed by atoms with Gasteiger partial charge >= 0.3 is 0 Å². The van der Waals surface area contributed by atoms with Crippen molar-refractivity contribution in [1.29, 1.82) is 0 Å². The number of amides is 1. The molecule has 0 saturated carbocycles. The second-order valence-corrected chi connectivity index (χ2v) is 7.95. The molecule has 6 heteroatoms. The second-order valence-electron chi connectivity index (χ2n) is 7.51. The zero-order chi connectivity index (χ0) is 20.4. The van der Waals surface area contributed by atoms with Gasteiger partial charge < -0.3 is 9.32 Å². The van der Waals surface area contributed by atoms with E-state index in [1.165, 1.54) is 0 Å². The van der Waals surface area contributed by atoms with Crippen LogP contribution in [0.3, 0.4) is 0 Å². The highest BCUT2D eigenvalue weighted by Crippen LogP contribution is 2.23. The summed E-state index contributed by atoms with van der Waals surface area (Å²) in [6.45, 7) is 7.97. The number of hydrogen-bond donors (Lipinski definition) is 0. The maximum atomic E-state index is 13.0. The number of carbonyl (C=O) groups is 1. The Kier molecular flexibility index (Phi) is 5.88. The number of carbonyl (C=O) groups excluding carboxylic acids is 1. The minimum atomic E-state index is 0.0642. The van der Waals surface area contributed by atoms with Gasteiger partial charge in [-0.05, 0) is 55.4 Å². The lowest BCUT2D eigenvalue weighted by atomic mass is 10.1. The minimum Gasteiger partial charge on any atom is -0.440 e. The predicted molar refractivity (Wildman–Crippen MR) is 115 cm³/mol. The largest absolute Gasteiger partial charge is 0.440 e. The lowest BCUT2D eigenvalue weighted by Crippen LogP contribution is -2.38. The molecule has 1 amide bonds. The van der Waals surface area contributed by atoms with Crippen LogP contribution in [0, 0.1) is 0 Å². The van der Waals surface area contributed by atoms with E-state index >= 15 is 0 Å². The van der Waals surface area contributed by atoms with Gasteiger partial charge in [-0.15, -0.1) is 0 Å². The van der Waals surface area contributed by atoms with Crippen molar-refractivity contribution in [3.8, 4) is 0 Å². The first-order valence-electron chi connectivity index (χ1n) is 10.2. The molecule has 0 spiro atoms. The molecule has 29 heavy (non-hydrogen) atoms. The molecule has 2 aromatic carbocycles. The average molecular weight is 412 g/mol. The molecule has 0 bridgehead atoms. The van der Waals surface area contributed by atoms with Crippen LogP contribution in [0.25, 0.3) is 11.1 Å². The molecule has 0 radical (unpaired) electrons. The highest BCUT2D eigenvalue weighted by atomic mass is 35.5. The van der Waals surface area contributed by atoms with Crippen LogP contribution in [-0.4, -0.2) is 52.9 Å². The third kappa shape index (κ3) is 4.31. The molecule has 1 atom stereocenters. The second kappa shape index (κ2) is 8.56. The summed E-state index contributed by atoms with van der Waals surface area (Å²) in [7, 11) is 0. The van der Waals surface area contributed by atoms with Crippen molar-refractivity contribution in [3.63, 3.8) is 0 Å². The molecule has 0 unspecified atom stereocenters. The number of likely N-dealkylation sites (N-methyl/N-ethyl adjacent to an activating group) is 1. The summed E-state index contributed by atoms with van der Waals surface area (Å²) in [4.78, 5) is 21.9. The summed E-state index contributed by atoms with van der Waals surface area (Å²) in [5.74, 6) is 0.684. The number of likely N-dealkylation sites (tertiary alicyclic amines) is 1. The number of oxazole rings is 1. The van der Waals surface area contributed by atoms with Crippen molar-refractivity contribution in [2.75, 3.05) is 26.2 Å². The van der Waals surface area contributed by atoms with Gasteiger partial charge in [0.1, 0.15) is 5.52 Å². The number of hydrogen-bond acceptors (Lipinski definition) is 4. The van der Waals surface area contributed by atoms with E-state index in [-0.39, 0.29) is 5.91 Å². The highest BCUT2D eigenvalue weighted by Gasteiger charge is 2.29. The Hall–Kier alpha value is -2.37. The van der Waals surface area contributed by atoms with Crippen molar-refractivity contribution >= 4 is 28.6 Å². The summed E-state index contributed by atoms with van der Waals surface area (Å²) < 4.78 is 5.93. The Morgan fingerprint density at radius 3 is 2.83 bits per heavy atom. The van der Waals surface area contributed by atoms with Gasteiger partial charge in [0, 0.05) is 36.1 Å². The molecule has 1 saturated heterocycles. The van der Waals surface area contributed by atoms with E-state index in [4.69, 9.17) is 16.0 Å². The molecule has 1 aliphatic heterocycles. The van der Waals surface area contributed by atoms with Crippen LogP contribution in [0.5, 0.6) is 0 Å². The topological polar surface area (TPSA) is 49.6 Å². The fraction of sp³-hybridized carbons (Fsp3) is 0.391. The number of nitrogens with zero attached hydrogens (tertiary/aromatic N) is 3. The Morgan fingerprint density at radius 1 is 1.24 bits per heavy atom. The van der Waals surface area contributed by atoms with Crippen molar-refractivity contribution < 1.29 is 9.21 Å². The zero-order valence-corrected chi connectivity index (χ0v) is 17.7. The molecule has 0 N–H and O–H groups in total. The zero-order valence-electron chi connectivity index (χ0n) is 16.9. The molecule has 1 aliphatic rings. The monoisotopic (exact) mass is 411 g/mol. The fourth-order valence-corrected chi connectivity index (χ4v) is 4.36. The van der Waals surface area contributed by atoms with Crippen molar-refractivity contribution in [3.05, 3.63) is 64.5 Å². The van der Waals surface area contributed by atoms with E-state index in [0.29, 0.717) is 34.5 Å². The van der Waals surface area contributed by atoms with E-state index in [1.807, 2.05) is 47.4 Å². The Balaban J connectivity index is 1.49. The van der Waals surface area contributed by atoms with Gasteiger partial charge in [-0.2, -0.15) is 0 Å². The number of fused-ring (bicyclic) bond motifs is 1. The summed E-state index contributed by atoms with van der Waals surface area (Å²) in [6.07, 6.45) is 1.60. The molecule has 1 aromatic heterocycles. The number of aromatic nitrogens is 1. The van der Waals surface area contributed by atoms with Crippen molar-refractivity contribution in [2.45, 2.75) is 32.7 Å². The number of rotatable bonds is 6. The van der Waals surface area contributed by atoms with Crippen LogP contribution >= 0.6 is 11.6 Å². The van der Waals surface area contributed by atoms with Crippen LogP contribution in [-0.2, 0) is 6.42 Å². The minimum absolute atomic E-state index is 0.0642. The van der Waals surface area contributed by atoms with Gasteiger partial charge in [0.15, 0.2) is 11.5 Å². The third-order valence-electron chi connectivity index (χ3n) is 5.70. The quantitative estimate of drug-likeness (QED) is 0.593. The first kappa shape index (κ1) is 19.9. The summed E-state index contributed by atoms with van der Waals surface area (Å²) in [6, 6.07) is 13.6. The molecule has 0 aliphatic carbocycles. The van der Waals surface area contributed by atoms with E-state index < -0.39 is 0 Å². The van der Waals surface area contributed by atoms with Crippen molar-refractivity contribution in [2.24, 2.45) is 0 Å². The molecule has 152 valence electrons. The molecule has 4 rings (SSSR count). The van der Waals surface area contributed by atoms with E-state index in [1.54, 1.807) is 0 Å². The lowest BCUT2D eigenvalue weighted by molar-refractivity contribution is 0.0778. The first-order valence-corrected chi connectivity index (χ1v) is 10.6. The molecular weight excluding hydrogens is 386 g/mol. The Morgan fingerprint density at radius 2 is 2.07 bits per heavy atom. The molecule has 1 fully saturated rings. The van der Waals surface area contributed by atoms with Crippen molar-refractivity contribution in [1.82, 2.24) is 14.8 Å². The SMILES string of the molecule is CCN(CC)[C@H]1CCN(C(=O)c2ccc3nc(Cc4cccc(Cl)c4)oc3c2)C1. The van der Waals surface area contributed by atoms with Gasteiger partial charge in [-0.25, -0.2) is 4.98 Å². The predicted octanol–water partition coefficient (Wildman–Crippen LogP) is 4.63. The van der Waals surface area contributed by atoms with Gasteiger partial charge in [0.05, 0.1) is 0 Å². The van der Waals surface area contributed by atoms with Crippen LogP contribution < -0.4 is 0 Å². The van der Waals surface area contributed by atoms with Crippen LogP contribution in [0.2, 0.25) is 5.02 Å². The smallest absolute Gasteiger partial charge is 0.254 e. The fourth-order valence-electron chi connectivity index (χ4n) is 4.15. The van der Waals surface area contributed by atoms with E-state index in [9.17, 15) is 4.79 Å². The number of benzene rings is 2. The maximum absolute atomic E-state index is 13.0. The summed E-state index contributed by atoms with van der Waals surface area (Å²) in [5, 5.41) is 0.695. The molecule has 5 nitrogen and oxygen atoms in total. The normalized spacial score (nSPS) is 16.8. The Labute approximate surface area is 176 Å². The van der Waals surface area contributed by atoms with E-state index in [0.717, 1.165) is 43.7 Å².